The molecule has 1 heterocycles. The summed E-state index contributed by atoms with van der Waals surface area (Å²) in [7, 11) is 1.68. The van der Waals surface area contributed by atoms with Gasteiger partial charge in [0.25, 0.3) is 0 Å². The van der Waals surface area contributed by atoms with Gasteiger partial charge in [0.05, 0.1) is 19.1 Å². The molecule has 1 aromatic rings. The molecule has 0 atom stereocenters. The van der Waals surface area contributed by atoms with Gasteiger partial charge in [-0.15, -0.1) is 0 Å². The molecule has 7 heteroatoms. The number of nitrogens with zero attached hydrogens (tertiary/aromatic N) is 2. The lowest BCUT2D eigenvalue weighted by Crippen LogP contribution is -2.45. The fourth-order valence-electron chi connectivity index (χ4n) is 3.46. The Balaban J connectivity index is 1.65. The van der Waals surface area contributed by atoms with E-state index < -0.39 is 0 Å². The fourth-order valence-corrected chi connectivity index (χ4v) is 3.73. The number of aryl methyl sites for hydroxylation is 1. The molecule has 2 amide bonds. The number of amides is 2. The maximum Gasteiger partial charge on any atom is 0.309 e. The number of unbranched alkanes of at least 4 members (excludes halogenated alkanes) is 1. The lowest BCUT2D eigenvalue weighted by molar-refractivity contribution is -0.151. The van der Waals surface area contributed by atoms with Gasteiger partial charge in [0.2, 0.25) is 11.8 Å². The van der Waals surface area contributed by atoms with E-state index in [1.807, 2.05) is 12.1 Å². The number of carbonyl (C=O) groups excluding carboxylic acids is 3. The number of halogens is 1. The third-order valence-corrected chi connectivity index (χ3v) is 5.81. The topological polar surface area (TPSA) is 66.9 Å². The normalized spacial score (nSPS) is 14.5. The van der Waals surface area contributed by atoms with Crippen LogP contribution in [0.4, 0.5) is 0 Å². The molecule has 0 aliphatic carbocycles. The van der Waals surface area contributed by atoms with Gasteiger partial charge in [0.15, 0.2) is 0 Å². The minimum absolute atomic E-state index is 0.00411. The molecule has 0 aromatic heterocycles. The number of likely N-dealkylation sites (N-methyl/N-ethyl adjacent to an activating group) is 1. The smallest absolute Gasteiger partial charge is 0.309 e. The maximum absolute atomic E-state index is 12.5. The monoisotopic (exact) mass is 466 g/mol. The summed E-state index contributed by atoms with van der Waals surface area (Å²) in [6.07, 6.45) is 4.38. The van der Waals surface area contributed by atoms with Crippen LogP contribution in [0.2, 0.25) is 0 Å². The molecule has 29 heavy (non-hydrogen) atoms. The summed E-state index contributed by atoms with van der Waals surface area (Å²) in [4.78, 5) is 39.8. The van der Waals surface area contributed by atoms with Crippen molar-refractivity contribution in [3.8, 4) is 0 Å². The van der Waals surface area contributed by atoms with Crippen LogP contribution in [0, 0.1) is 5.92 Å². The minimum Gasteiger partial charge on any atom is -0.466 e. The zero-order valence-corrected chi connectivity index (χ0v) is 18.9. The first-order valence-electron chi connectivity index (χ1n) is 10.3. The standard InChI is InChI=1S/C22H31BrN2O4/c1-3-29-22(28)18-12-14-25(15-13-18)21(27)16-24(2)20(26)7-5-4-6-17-8-10-19(23)11-9-17/h8-11,18H,3-7,12-16H2,1-2H3. The van der Waals surface area contributed by atoms with Crippen LogP contribution >= 0.6 is 15.9 Å². The molecule has 160 valence electrons. The van der Waals surface area contributed by atoms with E-state index in [1.54, 1.807) is 18.9 Å². The number of rotatable bonds is 9. The minimum atomic E-state index is -0.171. The van der Waals surface area contributed by atoms with E-state index in [-0.39, 0.29) is 30.2 Å². The Morgan fingerprint density at radius 2 is 1.79 bits per heavy atom. The molecule has 6 nitrogen and oxygen atoms in total. The van der Waals surface area contributed by atoms with Crippen LogP contribution in [0.25, 0.3) is 0 Å². The van der Waals surface area contributed by atoms with Gasteiger partial charge >= 0.3 is 5.97 Å². The van der Waals surface area contributed by atoms with Crippen molar-refractivity contribution in [2.45, 2.75) is 45.4 Å². The number of ether oxygens (including phenoxy) is 1. The summed E-state index contributed by atoms with van der Waals surface area (Å²) < 4.78 is 6.12. The van der Waals surface area contributed by atoms with E-state index in [0.717, 1.165) is 23.7 Å². The first-order chi connectivity index (χ1) is 13.9. The van der Waals surface area contributed by atoms with Gasteiger partial charge in [-0.05, 0) is 56.7 Å². The van der Waals surface area contributed by atoms with Crippen molar-refractivity contribution < 1.29 is 19.1 Å². The molecule has 0 unspecified atom stereocenters. The van der Waals surface area contributed by atoms with Crippen LogP contribution in [0.1, 0.15) is 44.6 Å². The Kier molecular flexibility index (Phi) is 9.64. The highest BCUT2D eigenvalue weighted by Crippen LogP contribution is 2.19. The third-order valence-electron chi connectivity index (χ3n) is 5.29. The number of likely N-dealkylation sites (tertiary alicyclic amines) is 1. The van der Waals surface area contributed by atoms with Gasteiger partial charge in [0.1, 0.15) is 0 Å². The highest BCUT2D eigenvalue weighted by Gasteiger charge is 2.28. The van der Waals surface area contributed by atoms with E-state index in [4.69, 9.17) is 4.74 Å². The zero-order valence-electron chi connectivity index (χ0n) is 17.4. The number of carbonyl (C=O) groups is 3. The molecular formula is C22H31BrN2O4. The predicted molar refractivity (Wildman–Crippen MR) is 115 cm³/mol. The van der Waals surface area contributed by atoms with E-state index >= 15 is 0 Å². The van der Waals surface area contributed by atoms with Gasteiger partial charge in [-0.1, -0.05) is 28.1 Å². The van der Waals surface area contributed by atoms with Crippen molar-refractivity contribution in [3.63, 3.8) is 0 Å². The number of benzene rings is 1. The number of hydrogen-bond donors (Lipinski definition) is 0. The molecule has 1 aliphatic heterocycles. The highest BCUT2D eigenvalue weighted by atomic mass is 79.9. The summed E-state index contributed by atoms with van der Waals surface area (Å²) >= 11 is 3.42. The molecular weight excluding hydrogens is 436 g/mol. The number of piperidine rings is 1. The van der Waals surface area contributed by atoms with Crippen LogP contribution in [0.5, 0.6) is 0 Å². The van der Waals surface area contributed by atoms with Crippen LogP contribution in [0.3, 0.4) is 0 Å². The van der Waals surface area contributed by atoms with Gasteiger partial charge in [0, 0.05) is 31.0 Å². The van der Waals surface area contributed by atoms with Crippen LogP contribution < -0.4 is 0 Å². The van der Waals surface area contributed by atoms with Crippen LogP contribution in [-0.4, -0.2) is 60.9 Å². The van der Waals surface area contributed by atoms with E-state index in [9.17, 15) is 14.4 Å². The molecule has 1 saturated heterocycles. The Hall–Kier alpha value is -1.89. The molecule has 0 saturated carbocycles. The van der Waals surface area contributed by atoms with Gasteiger partial charge in [-0.3, -0.25) is 14.4 Å². The Morgan fingerprint density at radius 3 is 2.41 bits per heavy atom. The van der Waals surface area contributed by atoms with E-state index in [1.165, 1.54) is 10.5 Å². The quantitative estimate of drug-likeness (QED) is 0.413. The molecule has 0 radical (unpaired) electrons. The van der Waals surface area contributed by atoms with E-state index in [2.05, 4.69) is 28.1 Å². The van der Waals surface area contributed by atoms with Gasteiger partial charge in [-0.2, -0.15) is 0 Å². The van der Waals surface area contributed by atoms with Crippen molar-refractivity contribution in [2.24, 2.45) is 5.92 Å². The van der Waals surface area contributed by atoms with Gasteiger partial charge < -0.3 is 14.5 Å². The highest BCUT2D eigenvalue weighted by molar-refractivity contribution is 9.10. The van der Waals surface area contributed by atoms with Crippen molar-refractivity contribution in [3.05, 3.63) is 34.3 Å². The second-order valence-corrected chi connectivity index (χ2v) is 8.41. The zero-order chi connectivity index (χ0) is 21.2. The Labute approximate surface area is 181 Å². The van der Waals surface area contributed by atoms with Gasteiger partial charge in [-0.25, -0.2) is 0 Å². The van der Waals surface area contributed by atoms with E-state index in [0.29, 0.717) is 39.0 Å². The summed E-state index contributed by atoms with van der Waals surface area (Å²) in [6.45, 7) is 3.35. The molecule has 0 bridgehead atoms. The summed E-state index contributed by atoms with van der Waals surface area (Å²) in [5, 5.41) is 0. The molecule has 1 aliphatic rings. The molecule has 2 rings (SSSR count). The maximum atomic E-state index is 12.5. The largest absolute Gasteiger partial charge is 0.466 e. The second-order valence-electron chi connectivity index (χ2n) is 7.49. The SMILES string of the molecule is CCOC(=O)C1CCN(C(=O)CN(C)C(=O)CCCCc2ccc(Br)cc2)CC1. The lowest BCUT2D eigenvalue weighted by Gasteiger charge is -2.32. The van der Waals surface area contributed by atoms with Crippen molar-refractivity contribution in [1.82, 2.24) is 9.80 Å². The molecule has 0 spiro atoms. The molecule has 1 fully saturated rings. The Bertz CT molecular complexity index is 685. The fraction of sp³-hybridized carbons (Fsp3) is 0.591. The van der Waals surface area contributed by atoms with Crippen LogP contribution in [-0.2, 0) is 25.5 Å². The van der Waals surface area contributed by atoms with Crippen molar-refractivity contribution >= 4 is 33.7 Å². The Morgan fingerprint density at radius 1 is 1.14 bits per heavy atom. The summed E-state index contributed by atoms with van der Waals surface area (Å²) in [5.74, 6) is -0.354. The average Bonchev–Trinajstić information content (AvgIpc) is 2.72. The van der Waals surface area contributed by atoms with Crippen LogP contribution in [0.15, 0.2) is 28.7 Å². The first kappa shape index (κ1) is 23.4. The first-order valence-corrected chi connectivity index (χ1v) is 11.1. The third kappa shape index (κ3) is 7.80. The average molecular weight is 467 g/mol. The number of hydrogen-bond acceptors (Lipinski definition) is 4. The van der Waals surface area contributed by atoms with Crippen molar-refractivity contribution in [1.29, 1.82) is 0 Å². The predicted octanol–water partition coefficient (Wildman–Crippen LogP) is 3.42. The summed E-state index contributed by atoms with van der Waals surface area (Å²) in [6, 6.07) is 8.22. The molecule has 0 N–H and O–H groups in total. The lowest BCUT2D eigenvalue weighted by atomic mass is 9.97. The number of esters is 1. The summed E-state index contributed by atoms with van der Waals surface area (Å²) in [5.41, 5.74) is 1.26. The second kappa shape index (κ2) is 12.0. The van der Waals surface area contributed by atoms with Crippen molar-refractivity contribution in [2.75, 3.05) is 33.3 Å². The molecule has 1 aromatic carbocycles.